The zero-order chi connectivity index (χ0) is 38.3. The van der Waals surface area contributed by atoms with Crippen molar-refractivity contribution in [2.75, 3.05) is 6.61 Å². The summed E-state index contributed by atoms with van der Waals surface area (Å²) < 4.78 is 18.2. The molecule has 0 saturated carbocycles. The second-order valence-corrected chi connectivity index (χ2v) is 15.0. The van der Waals surface area contributed by atoms with Crippen LogP contribution in [0.4, 0.5) is 0 Å². The summed E-state index contributed by atoms with van der Waals surface area (Å²) in [5.74, 6) is 2.67. The molecule has 5 aromatic rings. The summed E-state index contributed by atoms with van der Waals surface area (Å²) in [4.78, 5) is 0. The Kier molecular flexibility index (Phi) is 18.2. The van der Waals surface area contributed by atoms with E-state index in [0.29, 0.717) is 23.6 Å². The Bertz CT molecular complexity index is 1790. The maximum Gasteiger partial charge on any atom is 0.248 e. The summed E-state index contributed by atoms with van der Waals surface area (Å²) in [5.41, 5.74) is 5.51. The highest BCUT2D eigenvalue weighted by molar-refractivity contribution is 5.75. The van der Waals surface area contributed by atoms with Crippen LogP contribution in [0.2, 0.25) is 0 Å². The van der Waals surface area contributed by atoms with E-state index in [1.807, 2.05) is 42.5 Å². The second kappa shape index (κ2) is 24.1. The molecule has 5 rings (SSSR count). The quantitative estimate of drug-likeness (QED) is 0.0471. The number of unbranched alkanes of at least 4 members (excludes halogenated alkanes) is 18. The zero-order valence-corrected chi connectivity index (χ0v) is 33.7. The van der Waals surface area contributed by atoms with Crippen LogP contribution in [-0.2, 0) is 6.42 Å². The smallest absolute Gasteiger partial charge is 0.248 e. The van der Waals surface area contributed by atoms with E-state index in [9.17, 15) is 0 Å². The molecule has 7 heteroatoms. The van der Waals surface area contributed by atoms with Gasteiger partial charge in [-0.3, -0.25) is 0 Å². The van der Waals surface area contributed by atoms with Crippen molar-refractivity contribution in [2.45, 2.75) is 149 Å². The van der Waals surface area contributed by atoms with Gasteiger partial charge in [0.05, 0.1) is 6.61 Å². The van der Waals surface area contributed by atoms with Crippen molar-refractivity contribution in [3.8, 4) is 51.6 Å². The molecule has 0 amide bonds. The molecule has 0 spiro atoms. The van der Waals surface area contributed by atoms with Gasteiger partial charge in [0.2, 0.25) is 23.6 Å². The fraction of sp³-hybridized carbons (Fsp3) is 0.500. The molecule has 0 aliphatic carbocycles. The van der Waals surface area contributed by atoms with Crippen molar-refractivity contribution in [2.24, 2.45) is 0 Å². The lowest BCUT2D eigenvalue weighted by Gasteiger charge is -2.06. The lowest BCUT2D eigenvalue weighted by molar-refractivity contribution is 0.304. The minimum absolute atomic E-state index is 0.426. The van der Waals surface area contributed by atoms with Crippen LogP contribution in [-0.4, -0.2) is 27.0 Å². The topological polar surface area (TPSA) is 87.1 Å². The third kappa shape index (κ3) is 13.9. The Morgan fingerprint density at radius 1 is 0.491 bits per heavy atom. The molecule has 0 aliphatic rings. The van der Waals surface area contributed by atoms with E-state index in [2.05, 4.69) is 65.1 Å². The first kappa shape index (κ1) is 41.6. The van der Waals surface area contributed by atoms with E-state index in [0.717, 1.165) is 53.0 Å². The maximum atomic E-state index is 6.15. The standard InChI is InChI=1S/C48H64N4O3/c1-4-7-9-11-13-15-17-19-21-23-25-38-26-28-40(29-27-38)46-50-52-48(55-46)44-35-32-42(37-39(44)6-3)47-51-49-45(54-47)41-30-33-43(34-31-41)53-36-24-22-20-18-16-14-12-10-8-5-2/h6,26-35,37H,3-5,7-25,36H2,1-2H3. The molecule has 0 aliphatic heterocycles. The Hall–Kier alpha value is -4.52. The molecule has 0 N–H and O–H groups in total. The summed E-state index contributed by atoms with van der Waals surface area (Å²) in [7, 11) is 0. The van der Waals surface area contributed by atoms with Gasteiger partial charge in [0.15, 0.2) is 0 Å². The Morgan fingerprint density at radius 3 is 1.47 bits per heavy atom. The fourth-order valence-corrected chi connectivity index (χ4v) is 7.07. The predicted molar refractivity (Wildman–Crippen MR) is 227 cm³/mol. The molecule has 55 heavy (non-hydrogen) atoms. The molecule has 7 nitrogen and oxygen atoms in total. The van der Waals surface area contributed by atoms with Gasteiger partial charge in [-0.05, 0) is 85.0 Å². The summed E-state index contributed by atoms with van der Waals surface area (Å²) in [5, 5.41) is 17.4. The summed E-state index contributed by atoms with van der Waals surface area (Å²) >= 11 is 0. The van der Waals surface area contributed by atoms with E-state index in [1.165, 1.54) is 128 Å². The first-order valence-electron chi connectivity index (χ1n) is 21.4. The van der Waals surface area contributed by atoms with Crippen LogP contribution in [0.3, 0.4) is 0 Å². The van der Waals surface area contributed by atoms with Crippen molar-refractivity contribution in [3.05, 3.63) is 84.4 Å². The number of aryl methyl sites for hydroxylation is 1. The van der Waals surface area contributed by atoms with E-state index < -0.39 is 0 Å². The largest absolute Gasteiger partial charge is 0.494 e. The Labute approximate surface area is 330 Å². The van der Waals surface area contributed by atoms with Crippen LogP contribution in [0, 0.1) is 0 Å². The van der Waals surface area contributed by atoms with Crippen molar-refractivity contribution >= 4 is 6.08 Å². The van der Waals surface area contributed by atoms with Crippen molar-refractivity contribution in [1.29, 1.82) is 0 Å². The number of hydrogen-bond acceptors (Lipinski definition) is 7. The van der Waals surface area contributed by atoms with Gasteiger partial charge in [0.25, 0.3) is 0 Å². The number of nitrogens with zero attached hydrogens (tertiary/aromatic N) is 4. The number of aromatic nitrogens is 4. The molecule has 2 aromatic heterocycles. The highest BCUT2D eigenvalue weighted by atomic mass is 16.5. The lowest BCUT2D eigenvalue weighted by atomic mass is 10.0. The van der Waals surface area contributed by atoms with Crippen LogP contribution in [0.25, 0.3) is 51.9 Å². The average molecular weight is 745 g/mol. The zero-order valence-electron chi connectivity index (χ0n) is 33.7. The van der Waals surface area contributed by atoms with E-state index >= 15 is 0 Å². The Balaban J connectivity index is 1.06. The molecule has 294 valence electrons. The summed E-state index contributed by atoms with van der Waals surface area (Å²) in [6.07, 6.45) is 29.5. The van der Waals surface area contributed by atoms with Crippen LogP contribution in [0.1, 0.15) is 153 Å². The average Bonchev–Trinajstić information content (AvgIpc) is 3.93. The van der Waals surface area contributed by atoms with Crippen molar-refractivity contribution in [3.63, 3.8) is 0 Å². The number of ether oxygens (including phenoxy) is 1. The van der Waals surface area contributed by atoms with Crippen molar-refractivity contribution < 1.29 is 13.6 Å². The van der Waals surface area contributed by atoms with E-state index in [4.69, 9.17) is 13.6 Å². The second-order valence-electron chi connectivity index (χ2n) is 15.0. The number of hydrogen-bond donors (Lipinski definition) is 0. The van der Waals surface area contributed by atoms with E-state index in [1.54, 1.807) is 6.08 Å². The third-order valence-electron chi connectivity index (χ3n) is 10.5. The van der Waals surface area contributed by atoms with Crippen LogP contribution in [0.15, 0.2) is 82.1 Å². The fourth-order valence-electron chi connectivity index (χ4n) is 7.07. The molecule has 0 atom stereocenters. The van der Waals surface area contributed by atoms with E-state index in [-0.39, 0.29) is 0 Å². The number of benzene rings is 3. The van der Waals surface area contributed by atoms with Gasteiger partial charge in [-0.2, -0.15) is 0 Å². The highest BCUT2D eigenvalue weighted by Crippen LogP contribution is 2.32. The monoisotopic (exact) mass is 744 g/mol. The molecule has 0 fully saturated rings. The van der Waals surface area contributed by atoms with Gasteiger partial charge in [-0.15, -0.1) is 20.4 Å². The molecule has 0 saturated heterocycles. The molecule has 0 bridgehead atoms. The minimum atomic E-state index is 0.426. The maximum absolute atomic E-state index is 6.15. The van der Waals surface area contributed by atoms with Crippen molar-refractivity contribution in [1.82, 2.24) is 20.4 Å². The van der Waals surface area contributed by atoms with Crippen LogP contribution < -0.4 is 4.74 Å². The molecular formula is C48H64N4O3. The molecule has 0 radical (unpaired) electrons. The van der Waals surface area contributed by atoms with Gasteiger partial charge in [0.1, 0.15) is 5.75 Å². The predicted octanol–water partition coefficient (Wildman–Crippen LogP) is 14.5. The summed E-state index contributed by atoms with van der Waals surface area (Å²) in [6, 6.07) is 22.2. The third-order valence-corrected chi connectivity index (χ3v) is 10.5. The van der Waals surface area contributed by atoms with Crippen LogP contribution >= 0.6 is 0 Å². The first-order chi connectivity index (χ1) is 27.2. The van der Waals surface area contributed by atoms with Gasteiger partial charge in [-0.25, -0.2) is 0 Å². The highest BCUT2D eigenvalue weighted by Gasteiger charge is 2.17. The minimum Gasteiger partial charge on any atom is -0.494 e. The SMILES string of the molecule is C=Cc1cc(-c2nnc(-c3ccc(OCCCCCCCCCCCC)cc3)o2)ccc1-c1nnc(-c2ccc(CCCCCCCCCCCC)cc2)o1. The summed E-state index contributed by atoms with van der Waals surface area (Å²) in [6.45, 7) is 9.31. The lowest BCUT2D eigenvalue weighted by Crippen LogP contribution is -1.97. The van der Waals surface area contributed by atoms with Gasteiger partial charge >= 0.3 is 0 Å². The van der Waals surface area contributed by atoms with Gasteiger partial charge in [0, 0.05) is 22.3 Å². The first-order valence-corrected chi connectivity index (χ1v) is 21.4. The Morgan fingerprint density at radius 2 is 0.927 bits per heavy atom. The van der Waals surface area contributed by atoms with Gasteiger partial charge in [-0.1, -0.05) is 154 Å². The van der Waals surface area contributed by atoms with Crippen LogP contribution in [0.5, 0.6) is 5.75 Å². The normalized spacial score (nSPS) is 11.3. The molecule has 2 heterocycles. The molecular weight excluding hydrogens is 681 g/mol. The molecule has 3 aromatic carbocycles. The molecule has 0 unspecified atom stereocenters. The number of rotatable bonds is 28. The van der Waals surface area contributed by atoms with Gasteiger partial charge < -0.3 is 13.6 Å².